The number of hydrogen-bond acceptors (Lipinski definition) is 2. The Hall–Kier alpha value is -1.83. The molecule has 1 heterocycles. The van der Waals surface area contributed by atoms with Crippen LogP contribution in [-0.2, 0) is 6.42 Å². The number of rotatable bonds is 1. The third kappa shape index (κ3) is 1.22. The number of hydrogen-bond donors (Lipinski definition) is 0. The zero-order valence-corrected chi connectivity index (χ0v) is 8.53. The molecule has 0 saturated carbocycles. The monoisotopic (exact) mass is 197 g/mol. The molecule has 1 aliphatic carbocycles. The quantitative estimate of drug-likeness (QED) is 0.598. The third-order valence-corrected chi connectivity index (χ3v) is 2.82. The Labute approximate surface area is 88.5 Å². The highest BCUT2D eigenvalue weighted by molar-refractivity contribution is 5.75. The second kappa shape index (κ2) is 3.09. The molecule has 0 bridgehead atoms. The average molecular weight is 197 g/mol. The topological polar surface area (TPSA) is 22.1 Å². The fourth-order valence-electron chi connectivity index (χ4n) is 2.09. The molecular weight excluding hydrogens is 186 g/mol. The van der Waals surface area contributed by atoms with Crippen LogP contribution in [0.15, 0.2) is 36.4 Å². The average Bonchev–Trinajstić information content (AvgIpc) is 2.66. The van der Waals surface area contributed by atoms with Crippen molar-refractivity contribution in [3.63, 3.8) is 0 Å². The Morgan fingerprint density at radius 2 is 1.93 bits per heavy atom. The van der Waals surface area contributed by atoms with Crippen LogP contribution < -0.4 is 4.74 Å². The molecule has 1 aliphatic rings. The van der Waals surface area contributed by atoms with E-state index in [-0.39, 0.29) is 0 Å². The van der Waals surface area contributed by atoms with Gasteiger partial charge >= 0.3 is 0 Å². The Kier molecular flexibility index (Phi) is 1.75. The lowest BCUT2D eigenvalue weighted by Crippen LogP contribution is -1.91. The fraction of sp³-hybridized carbons (Fsp3) is 0.154. The van der Waals surface area contributed by atoms with Gasteiger partial charge in [0.15, 0.2) is 0 Å². The van der Waals surface area contributed by atoms with E-state index in [1.807, 2.05) is 6.07 Å². The molecule has 2 heteroatoms. The smallest absolute Gasteiger partial charge is 0.213 e. The van der Waals surface area contributed by atoms with Crippen LogP contribution in [0, 0.1) is 0 Å². The lowest BCUT2D eigenvalue weighted by atomic mass is 10.1. The molecule has 0 saturated heterocycles. The summed E-state index contributed by atoms with van der Waals surface area (Å²) in [6, 6.07) is 12.5. The maximum atomic E-state index is 5.13. The van der Waals surface area contributed by atoms with Gasteiger partial charge in [0, 0.05) is 18.1 Å². The van der Waals surface area contributed by atoms with Gasteiger partial charge in [-0.2, -0.15) is 0 Å². The van der Waals surface area contributed by atoms with Crippen LogP contribution in [0.4, 0.5) is 0 Å². The highest BCUT2D eigenvalue weighted by Gasteiger charge is 2.19. The van der Waals surface area contributed by atoms with Crippen LogP contribution in [0.2, 0.25) is 0 Å². The Morgan fingerprint density at radius 1 is 1.07 bits per heavy atom. The number of benzene rings is 1. The van der Waals surface area contributed by atoms with E-state index in [1.54, 1.807) is 7.11 Å². The van der Waals surface area contributed by atoms with Gasteiger partial charge < -0.3 is 4.74 Å². The van der Waals surface area contributed by atoms with Crippen LogP contribution in [0.3, 0.4) is 0 Å². The lowest BCUT2D eigenvalue weighted by Gasteiger charge is -2.02. The third-order valence-electron chi connectivity index (χ3n) is 2.82. The summed E-state index contributed by atoms with van der Waals surface area (Å²) in [5, 5.41) is 0. The SMILES string of the molecule is COc1ccc2c(n1)Cc1ccccc1-2. The summed E-state index contributed by atoms with van der Waals surface area (Å²) in [7, 11) is 1.65. The van der Waals surface area contributed by atoms with Crippen LogP contribution in [-0.4, -0.2) is 12.1 Å². The van der Waals surface area contributed by atoms with Gasteiger partial charge in [-0.25, -0.2) is 4.98 Å². The Morgan fingerprint density at radius 3 is 2.80 bits per heavy atom. The van der Waals surface area contributed by atoms with E-state index >= 15 is 0 Å². The molecule has 0 fully saturated rings. The van der Waals surface area contributed by atoms with Gasteiger partial charge in [0.05, 0.1) is 12.8 Å². The van der Waals surface area contributed by atoms with Gasteiger partial charge in [0.2, 0.25) is 5.88 Å². The van der Waals surface area contributed by atoms with Crippen LogP contribution in [0.1, 0.15) is 11.3 Å². The largest absolute Gasteiger partial charge is 0.481 e. The highest BCUT2D eigenvalue weighted by Crippen LogP contribution is 2.35. The van der Waals surface area contributed by atoms with E-state index in [0.717, 1.165) is 12.1 Å². The van der Waals surface area contributed by atoms with Crippen molar-refractivity contribution in [1.82, 2.24) is 4.98 Å². The number of aromatic nitrogens is 1. The molecule has 0 aliphatic heterocycles. The minimum atomic E-state index is 0.696. The number of fused-ring (bicyclic) bond motifs is 3. The molecule has 15 heavy (non-hydrogen) atoms. The summed E-state index contributed by atoms with van der Waals surface area (Å²) >= 11 is 0. The van der Waals surface area contributed by atoms with Gasteiger partial charge in [-0.05, 0) is 17.2 Å². The van der Waals surface area contributed by atoms with Crippen LogP contribution in [0.25, 0.3) is 11.1 Å². The number of ether oxygens (including phenoxy) is 1. The van der Waals surface area contributed by atoms with Crippen molar-refractivity contribution in [2.45, 2.75) is 6.42 Å². The second-order valence-corrected chi connectivity index (χ2v) is 3.68. The molecule has 0 unspecified atom stereocenters. The van der Waals surface area contributed by atoms with Crippen molar-refractivity contribution in [2.24, 2.45) is 0 Å². The minimum absolute atomic E-state index is 0.696. The van der Waals surface area contributed by atoms with E-state index in [0.29, 0.717) is 5.88 Å². The highest BCUT2D eigenvalue weighted by atomic mass is 16.5. The Balaban J connectivity index is 2.18. The van der Waals surface area contributed by atoms with Crippen molar-refractivity contribution >= 4 is 0 Å². The van der Waals surface area contributed by atoms with E-state index in [1.165, 1.54) is 16.7 Å². The molecule has 2 nitrogen and oxygen atoms in total. The molecule has 3 rings (SSSR count). The van der Waals surface area contributed by atoms with Gasteiger partial charge in [-0.3, -0.25) is 0 Å². The molecule has 0 atom stereocenters. The molecule has 0 amide bonds. The van der Waals surface area contributed by atoms with Crippen molar-refractivity contribution in [3.05, 3.63) is 47.7 Å². The van der Waals surface area contributed by atoms with Gasteiger partial charge in [-0.15, -0.1) is 0 Å². The molecule has 2 aromatic rings. The van der Waals surface area contributed by atoms with Crippen molar-refractivity contribution in [2.75, 3.05) is 7.11 Å². The predicted octanol–water partition coefficient (Wildman–Crippen LogP) is 2.66. The van der Waals surface area contributed by atoms with Crippen molar-refractivity contribution in [1.29, 1.82) is 0 Å². The summed E-state index contributed by atoms with van der Waals surface area (Å²) < 4.78 is 5.13. The maximum absolute atomic E-state index is 5.13. The first kappa shape index (κ1) is 8.48. The molecule has 0 N–H and O–H groups in total. The van der Waals surface area contributed by atoms with E-state index in [9.17, 15) is 0 Å². The standard InChI is InChI=1S/C13H11NO/c1-15-13-7-6-11-10-5-3-2-4-9(10)8-12(11)14-13/h2-7H,8H2,1H3. The minimum Gasteiger partial charge on any atom is -0.481 e. The first-order chi connectivity index (χ1) is 7.38. The van der Waals surface area contributed by atoms with Gasteiger partial charge in [0.25, 0.3) is 0 Å². The van der Waals surface area contributed by atoms with Gasteiger partial charge in [0.1, 0.15) is 0 Å². The zero-order valence-electron chi connectivity index (χ0n) is 8.53. The van der Waals surface area contributed by atoms with Crippen LogP contribution in [0.5, 0.6) is 5.88 Å². The molecule has 74 valence electrons. The van der Waals surface area contributed by atoms with E-state index < -0.39 is 0 Å². The molecule has 1 aromatic heterocycles. The normalized spacial score (nSPS) is 12.1. The van der Waals surface area contributed by atoms with E-state index in [2.05, 4.69) is 35.3 Å². The second-order valence-electron chi connectivity index (χ2n) is 3.68. The van der Waals surface area contributed by atoms with E-state index in [4.69, 9.17) is 4.74 Å². The zero-order chi connectivity index (χ0) is 10.3. The number of methoxy groups -OCH3 is 1. The summed E-state index contributed by atoms with van der Waals surface area (Å²) in [5.74, 6) is 0.696. The van der Waals surface area contributed by atoms with Crippen LogP contribution >= 0.6 is 0 Å². The van der Waals surface area contributed by atoms with Crippen molar-refractivity contribution in [3.8, 4) is 17.0 Å². The Bertz CT molecular complexity index is 520. The van der Waals surface area contributed by atoms with Gasteiger partial charge in [-0.1, -0.05) is 24.3 Å². The predicted molar refractivity (Wildman–Crippen MR) is 59.0 cm³/mol. The van der Waals surface area contributed by atoms with Crippen molar-refractivity contribution < 1.29 is 4.74 Å². The molecule has 0 radical (unpaired) electrons. The molecular formula is C13H11NO. The fourth-order valence-corrected chi connectivity index (χ4v) is 2.09. The summed E-state index contributed by atoms with van der Waals surface area (Å²) in [6.07, 6.45) is 0.919. The summed E-state index contributed by atoms with van der Waals surface area (Å²) in [6.45, 7) is 0. The molecule has 1 aromatic carbocycles. The molecule has 0 spiro atoms. The first-order valence-corrected chi connectivity index (χ1v) is 5.00. The number of nitrogens with zero attached hydrogens (tertiary/aromatic N) is 1. The summed E-state index contributed by atoms with van der Waals surface area (Å²) in [5.41, 5.74) is 5.03. The lowest BCUT2D eigenvalue weighted by molar-refractivity contribution is 0.397. The number of pyridine rings is 1. The first-order valence-electron chi connectivity index (χ1n) is 5.00. The maximum Gasteiger partial charge on any atom is 0.213 e. The summed E-state index contributed by atoms with van der Waals surface area (Å²) in [4.78, 5) is 4.46.